The Labute approximate surface area is 138 Å². The van der Waals surface area contributed by atoms with Gasteiger partial charge >= 0.3 is 0 Å². The van der Waals surface area contributed by atoms with E-state index in [0.29, 0.717) is 12.6 Å². The van der Waals surface area contributed by atoms with Gasteiger partial charge in [-0.1, -0.05) is 57.0 Å². The van der Waals surface area contributed by atoms with Crippen molar-refractivity contribution in [3.63, 3.8) is 0 Å². The summed E-state index contributed by atoms with van der Waals surface area (Å²) in [7, 11) is 0. The van der Waals surface area contributed by atoms with Crippen molar-refractivity contribution in [2.24, 2.45) is 0 Å². The standard InChI is InChI=1S/C19H25N3O/c1-4-5-11-17-12-13-22(21-17)19(16-9-7-6-8-10-16)18(23)14-20-15(2)3/h6-10,12-13,15,18-20,23H,4,14H2,1-3H3. The van der Waals surface area contributed by atoms with Gasteiger partial charge in [-0.25, -0.2) is 0 Å². The van der Waals surface area contributed by atoms with E-state index in [1.807, 2.05) is 54.2 Å². The summed E-state index contributed by atoms with van der Waals surface area (Å²) in [6, 6.07) is 11.9. The van der Waals surface area contributed by atoms with Crippen LogP contribution in [0.4, 0.5) is 0 Å². The average molecular weight is 311 g/mol. The molecule has 0 saturated carbocycles. The molecule has 2 unspecified atom stereocenters. The Bertz CT molecular complexity index is 652. The number of hydrogen-bond acceptors (Lipinski definition) is 3. The SMILES string of the molecule is CCC#Cc1ccn(C(c2ccccc2)C(O)CNC(C)C)n1. The first-order chi connectivity index (χ1) is 11.1. The van der Waals surface area contributed by atoms with Crippen LogP contribution in [0.5, 0.6) is 0 Å². The highest BCUT2D eigenvalue weighted by molar-refractivity contribution is 5.27. The molecule has 0 aliphatic heterocycles. The molecule has 4 heteroatoms. The van der Waals surface area contributed by atoms with Gasteiger partial charge in [0.2, 0.25) is 0 Å². The summed E-state index contributed by atoms with van der Waals surface area (Å²) in [6.07, 6.45) is 2.11. The Morgan fingerprint density at radius 1 is 1.22 bits per heavy atom. The largest absolute Gasteiger partial charge is 0.389 e. The second kappa shape index (κ2) is 8.52. The van der Waals surface area contributed by atoms with Gasteiger partial charge in [0.15, 0.2) is 0 Å². The van der Waals surface area contributed by atoms with Gasteiger partial charge in [-0.2, -0.15) is 5.10 Å². The Balaban J connectivity index is 2.28. The van der Waals surface area contributed by atoms with Crippen LogP contribution in [0.15, 0.2) is 42.6 Å². The van der Waals surface area contributed by atoms with E-state index in [9.17, 15) is 5.11 Å². The predicted octanol–water partition coefficient (Wildman–Crippen LogP) is 2.59. The van der Waals surface area contributed by atoms with E-state index in [4.69, 9.17) is 0 Å². The van der Waals surface area contributed by atoms with Crippen molar-refractivity contribution in [2.45, 2.75) is 45.4 Å². The summed E-state index contributed by atoms with van der Waals surface area (Å²) < 4.78 is 1.81. The topological polar surface area (TPSA) is 50.1 Å². The van der Waals surface area contributed by atoms with Gasteiger partial charge in [-0.15, -0.1) is 0 Å². The van der Waals surface area contributed by atoms with Gasteiger partial charge < -0.3 is 10.4 Å². The molecular formula is C19H25N3O. The summed E-state index contributed by atoms with van der Waals surface area (Å²) in [5.74, 6) is 6.06. The van der Waals surface area contributed by atoms with Gasteiger partial charge in [-0.3, -0.25) is 4.68 Å². The second-order valence-corrected chi connectivity index (χ2v) is 5.82. The van der Waals surface area contributed by atoms with Crippen molar-refractivity contribution in [1.82, 2.24) is 15.1 Å². The fourth-order valence-corrected chi connectivity index (χ4v) is 2.41. The lowest BCUT2D eigenvalue weighted by Gasteiger charge is -2.25. The van der Waals surface area contributed by atoms with Gasteiger partial charge in [0.05, 0.1) is 6.10 Å². The van der Waals surface area contributed by atoms with E-state index in [-0.39, 0.29) is 6.04 Å². The Morgan fingerprint density at radius 3 is 2.61 bits per heavy atom. The minimum atomic E-state index is -0.577. The van der Waals surface area contributed by atoms with Crippen molar-refractivity contribution in [3.8, 4) is 11.8 Å². The van der Waals surface area contributed by atoms with Gasteiger partial charge in [-0.05, 0) is 17.6 Å². The number of aromatic nitrogens is 2. The summed E-state index contributed by atoms with van der Waals surface area (Å²) in [5, 5.41) is 18.5. The van der Waals surface area contributed by atoms with Crippen molar-refractivity contribution in [2.75, 3.05) is 6.54 Å². The first-order valence-corrected chi connectivity index (χ1v) is 8.12. The fraction of sp³-hybridized carbons (Fsp3) is 0.421. The first-order valence-electron chi connectivity index (χ1n) is 8.12. The molecule has 0 bridgehead atoms. The number of nitrogens with one attached hydrogen (secondary N) is 1. The predicted molar refractivity (Wildman–Crippen MR) is 93.1 cm³/mol. The maximum atomic E-state index is 10.7. The minimum Gasteiger partial charge on any atom is -0.389 e. The summed E-state index contributed by atoms with van der Waals surface area (Å²) in [5.41, 5.74) is 1.76. The van der Waals surface area contributed by atoms with Crippen molar-refractivity contribution >= 4 is 0 Å². The van der Waals surface area contributed by atoms with Crippen LogP contribution in [-0.2, 0) is 0 Å². The van der Waals surface area contributed by atoms with Crippen molar-refractivity contribution in [1.29, 1.82) is 0 Å². The molecule has 0 saturated heterocycles. The summed E-state index contributed by atoms with van der Waals surface area (Å²) in [4.78, 5) is 0. The molecule has 0 aliphatic carbocycles. The smallest absolute Gasteiger partial charge is 0.135 e. The third kappa shape index (κ3) is 4.95. The highest BCUT2D eigenvalue weighted by atomic mass is 16.3. The van der Waals surface area contributed by atoms with E-state index >= 15 is 0 Å². The van der Waals surface area contributed by atoms with Gasteiger partial charge in [0, 0.05) is 25.2 Å². The molecule has 0 amide bonds. The van der Waals surface area contributed by atoms with Crippen LogP contribution in [0.1, 0.15) is 44.5 Å². The molecule has 2 rings (SSSR count). The lowest BCUT2D eigenvalue weighted by atomic mass is 10.0. The molecule has 0 radical (unpaired) electrons. The average Bonchev–Trinajstić information content (AvgIpc) is 3.00. The van der Waals surface area contributed by atoms with Crippen molar-refractivity contribution in [3.05, 3.63) is 53.9 Å². The second-order valence-electron chi connectivity index (χ2n) is 5.82. The molecule has 1 aromatic heterocycles. The molecule has 1 heterocycles. The molecule has 0 aliphatic rings. The first kappa shape index (κ1) is 17.3. The highest BCUT2D eigenvalue weighted by Crippen LogP contribution is 2.21. The molecule has 2 atom stereocenters. The number of nitrogens with zero attached hydrogens (tertiary/aromatic N) is 2. The monoisotopic (exact) mass is 311 g/mol. The van der Waals surface area contributed by atoms with E-state index < -0.39 is 6.10 Å². The molecule has 2 N–H and O–H groups in total. The Hall–Kier alpha value is -2.09. The van der Waals surface area contributed by atoms with Gasteiger partial charge in [0.25, 0.3) is 0 Å². The minimum absolute atomic E-state index is 0.236. The normalized spacial score (nSPS) is 13.4. The lowest BCUT2D eigenvalue weighted by Crippen LogP contribution is -2.38. The Kier molecular flexibility index (Phi) is 6.40. The molecule has 2 aromatic rings. The van der Waals surface area contributed by atoms with E-state index in [0.717, 1.165) is 17.7 Å². The van der Waals surface area contributed by atoms with Crippen LogP contribution in [0.2, 0.25) is 0 Å². The molecule has 23 heavy (non-hydrogen) atoms. The molecule has 0 spiro atoms. The number of rotatable bonds is 6. The molecule has 122 valence electrons. The molecular weight excluding hydrogens is 286 g/mol. The summed E-state index contributed by atoms with van der Waals surface area (Å²) >= 11 is 0. The van der Waals surface area contributed by atoms with E-state index in [1.165, 1.54) is 0 Å². The highest BCUT2D eigenvalue weighted by Gasteiger charge is 2.23. The number of benzene rings is 1. The zero-order valence-electron chi connectivity index (χ0n) is 14.0. The van der Waals surface area contributed by atoms with Crippen LogP contribution in [0, 0.1) is 11.8 Å². The quantitative estimate of drug-likeness (QED) is 0.806. The third-order valence-corrected chi connectivity index (χ3v) is 3.53. The van der Waals surface area contributed by atoms with E-state index in [1.54, 1.807) is 0 Å². The number of hydrogen-bond donors (Lipinski definition) is 2. The number of aliphatic hydroxyl groups is 1. The van der Waals surface area contributed by atoms with Crippen LogP contribution < -0.4 is 5.32 Å². The summed E-state index contributed by atoms with van der Waals surface area (Å²) in [6.45, 7) is 6.65. The van der Waals surface area contributed by atoms with Gasteiger partial charge in [0.1, 0.15) is 11.7 Å². The maximum absolute atomic E-state index is 10.7. The molecule has 0 fully saturated rings. The molecule has 1 aromatic carbocycles. The van der Waals surface area contributed by atoms with Crippen LogP contribution in [0.3, 0.4) is 0 Å². The van der Waals surface area contributed by atoms with Crippen LogP contribution in [-0.4, -0.2) is 33.6 Å². The van der Waals surface area contributed by atoms with Crippen LogP contribution in [0.25, 0.3) is 0 Å². The van der Waals surface area contributed by atoms with E-state index in [2.05, 4.69) is 36.1 Å². The lowest BCUT2D eigenvalue weighted by molar-refractivity contribution is 0.120. The maximum Gasteiger partial charge on any atom is 0.135 e. The Morgan fingerprint density at radius 2 is 1.96 bits per heavy atom. The van der Waals surface area contributed by atoms with Crippen molar-refractivity contribution < 1.29 is 5.11 Å². The van der Waals surface area contributed by atoms with Crippen LogP contribution >= 0.6 is 0 Å². The third-order valence-electron chi connectivity index (χ3n) is 3.53. The fourth-order valence-electron chi connectivity index (χ4n) is 2.41. The zero-order valence-corrected chi connectivity index (χ0v) is 14.0. The molecule has 4 nitrogen and oxygen atoms in total. The number of aliphatic hydroxyl groups excluding tert-OH is 1. The zero-order chi connectivity index (χ0) is 16.7.